The van der Waals surface area contributed by atoms with Gasteiger partial charge in [0, 0.05) is 12.8 Å². The van der Waals surface area contributed by atoms with E-state index in [1.807, 2.05) is 0 Å². The van der Waals surface area contributed by atoms with Crippen molar-refractivity contribution >= 4 is 25.7 Å². The Morgan fingerprint density at radius 3 is 1.45 bits per heavy atom. The second-order valence-electron chi connectivity index (χ2n) is 14.4. The van der Waals surface area contributed by atoms with Gasteiger partial charge >= 0.3 is 25.7 Å². The van der Waals surface area contributed by atoms with Gasteiger partial charge in [-0.1, -0.05) is 145 Å². The van der Waals surface area contributed by atoms with Crippen LogP contribution in [0.1, 0.15) is 168 Å². The zero-order valence-electron chi connectivity index (χ0n) is 35.9. The SMILES string of the molecule is CC/C=C\C/C=C\C/C=C\C/C=C\CCCCCCCCC(=O)OC(COC(=O)CCCCCCC/C=C\C/C=C\CCCCC)COP(=O)(O)OCC(N)C(=O)O. The Hall–Kier alpha value is -3.08. The standard InChI is InChI=1S/C46H78NO10P/c1-3-5-7-9-11-13-15-17-19-20-21-22-24-26-28-30-32-34-36-38-45(49)57-42(40-55-58(52,53)56-41-43(47)46(50)51)39-54-44(48)37-35-33-31-29-27-25-23-18-16-14-12-10-8-6-4-2/h5,7,11-14,17-19,21-23,42-43H,3-4,6,8-10,15-16,20,24-41,47H2,1-2H3,(H,50,51)(H,52,53)/b7-5-,13-11-,14-12-,19-17-,22-21-,23-18-. The van der Waals surface area contributed by atoms with Crippen LogP contribution in [0.4, 0.5) is 0 Å². The van der Waals surface area contributed by atoms with Crippen molar-refractivity contribution in [3.05, 3.63) is 72.9 Å². The van der Waals surface area contributed by atoms with Crippen molar-refractivity contribution in [2.75, 3.05) is 19.8 Å². The first-order chi connectivity index (χ1) is 28.1. The first kappa shape index (κ1) is 54.9. The number of esters is 2. The van der Waals surface area contributed by atoms with Crippen molar-refractivity contribution in [2.24, 2.45) is 5.73 Å². The van der Waals surface area contributed by atoms with Crippen LogP contribution >= 0.6 is 7.82 Å². The highest BCUT2D eigenvalue weighted by Gasteiger charge is 2.28. The highest BCUT2D eigenvalue weighted by atomic mass is 31.2. The molecule has 0 aromatic rings. The van der Waals surface area contributed by atoms with E-state index in [0.29, 0.717) is 12.8 Å². The van der Waals surface area contributed by atoms with Gasteiger partial charge in [0.1, 0.15) is 12.6 Å². The molecule has 0 spiro atoms. The van der Waals surface area contributed by atoms with Crippen LogP contribution in [0, 0.1) is 0 Å². The molecule has 58 heavy (non-hydrogen) atoms. The van der Waals surface area contributed by atoms with E-state index in [4.69, 9.17) is 24.8 Å². The van der Waals surface area contributed by atoms with Gasteiger partial charge in [-0.15, -0.1) is 0 Å². The summed E-state index contributed by atoms with van der Waals surface area (Å²) in [6.45, 7) is 2.62. The molecule has 12 heteroatoms. The lowest BCUT2D eigenvalue weighted by Crippen LogP contribution is -2.34. The molecule has 0 bridgehead atoms. The summed E-state index contributed by atoms with van der Waals surface area (Å²) in [4.78, 5) is 46.0. The quantitative estimate of drug-likeness (QED) is 0.0232. The highest BCUT2D eigenvalue weighted by Crippen LogP contribution is 2.43. The van der Waals surface area contributed by atoms with E-state index in [0.717, 1.165) is 109 Å². The van der Waals surface area contributed by atoms with Gasteiger partial charge in [-0.2, -0.15) is 0 Å². The molecule has 0 saturated carbocycles. The van der Waals surface area contributed by atoms with Crippen molar-refractivity contribution < 1.29 is 47.5 Å². The second-order valence-corrected chi connectivity index (χ2v) is 15.9. The molecule has 0 aromatic carbocycles. The van der Waals surface area contributed by atoms with Crippen LogP contribution < -0.4 is 5.73 Å². The highest BCUT2D eigenvalue weighted by molar-refractivity contribution is 7.47. The van der Waals surface area contributed by atoms with Crippen LogP contribution in [-0.4, -0.2) is 59.9 Å². The smallest absolute Gasteiger partial charge is 0.472 e. The maximum atomic E-state index is 12.6. The molecule has 4 N–H and O–H groups in total. The fourth-order valence-electron chi connectivity index (χ4n) is 5.50. The molecule has 0 aromatic heterocycles. The molecule has 0 heterocycles. The van der Waals surface area contributed by atoms with Crippen LogP contribution in [-0.2, 0) is 37.5 Å². The molecular weight excluding hydrogens is 757 g/mol. The summed E-state index contributed by atoms with van der Waals surface area (Å²) >= 11 is 0. The summed E-state index contributed by atoms with van der Waals surface area (Å²) in [5.41, 5.74) is 5.33. The monoisotopic (exact) mass is 836 g/mol. The van der Waals surface area contributed by atoms with Crippen LogP contribution in [0.3, 0.4) is 0 Å². The molecule has 0 saturated heterocycles. The molecule has 0 amide bonds. The molecule has 0 rings (SSSR count). The first-order valence-electron chi connectivity index (χ1n) is 22.0. The average Bonchev–Trinajstić information content (AvgIpc) is 3.20. The molecule has 0 fully saturated rings. The lowest BCUT2D eigenvalue weighted by molar-refractivity contribution is -0.161. The predicted molar refractivity (Wildman–Crippen MR) is 235 cm³/mol. The third-order valence-corrected chi connectivity index (χ3v) is 9.89. The largest absolute Gasteiger partial charge is 0.480 e. The summed E-state index contributed by atoms with van der Waals surface area (Å²) in [5, 5.41) is 8.89. The number of carbonyl (C=O) groups is 3. The summed E-state index contributed by atoms with van der Waals surface area (Å²) in [6.07, 6.45) is 48.1. The lowest BCUT2D eigenvalue weighted by Gasteiger charge is -2.20. The molecule has 0 aliphatic heterocycles. The fourth-order valence-corrected chi connectivity index (χ4v) is 6.27. The summed E-state index contributed by atoms with van der Waals surface area (Å²) in [6, 6.07) is -1.53. The van der Waals surface area contributed by atoms with Gasteiger partial charge in [0.05, 0.1) is 13.2 Å². The van der Waals surface area contributed by atoms with E-state index in [1.54, 1.807) is 0 Å². The molecule has 0 aliphatic rings. The minimum atomic E-state index is -4.73. The van der Waals surface area contributed by atoms with E-state index in [9.17, 15) is 23.8 Å². The van der Waals surface area contributed by atoms with E-state index in [2.05, 4.69) is 91.3 Å². The maximum Gasteiger partial charge on any atom is 0.472 e. The third kappa shape index (κ3) is 39.7. The number of carboxylic acids is 1. The number of carbonyl (C=O) groups excluding carboxylic acids is 2. The number of aliphatic carboxylic acids is 1. The molecule has 0 aliphatic carbocycles. The van der Waals surface area contributed by atoms with Gasteiger partial charge < -0.3 is 25.2 Å². The van der Waals surface area contributed by atoms with Crippen molar-refractivity contribution in [1.82, 2.24) is 0 Å². The van der Waals surface area contributed by atoms with Crippen molar-refractivity contribution in [1.29, 1.82) is 0 Å². The van der Waals surface area contributed by atoms with Crippen LogP contribution in [0.5, 0.6) is 0 Å². The van der Waals surface area contributed by atoms with Crippen molar-refractivity contribution in [3.8, 4) is 0 Å². The topological polar surface area (TPSA) is 172 Å². The van der Waals surface area contributed by atoms with Gasteiger partial charge in [-0.3, -0.25) is 23.4 Å². The zero-order chi connectivity index (χ0) is 42.8. The van der Waals surface area contributed by atoms with Gasteiger partial charge in [-0.05, 0) is 83.5 Å². The molecule has 332 valence electrons. The maximum absolute atomic E-state index is 12.6. The number of nitrogens with two attached hydrogens (primary N) is 1. The average molecular weight is 836 g/mol. The van der Waals surface area contributed by atoms with Gasteiger partial charge in [0.2, 0.25) is 0 Å². The third-order valence-electron chi connectivity index (χ3n) is 8.94. The molecule has 3 atom stereocenters. The van der Waals surface area contributed by atoms with Crippen molar-refractivity contribution in [2.45, 2.75) is 180 Å². The first-order valence-corrected chi connectivity index (χ1v) is 23.5. The van der Waals surface area contributed by atoms with Crippen LogP contribution in [0.25, 0.3) is 0 Å². The Balaban J connectivity index is 4.42. The number of carboxylic acid groups (broad SMARTS) is 1. The number of phosphoric ester groups is 1. The van der Waals surface area contributed by atoms with Crippen LogP contribution in [0.2, 0.25) is 0 Å². The number of phosphoric acid groups is 1. The number of hydrogen-bond donors (Lipinski definition) is 3. The molecule has 0 radical (unpaired) electrons. The molecule has 11 nitrogen and oxygen atoms in total. The van der Waals surface area contributed by atoms with E-state index < -0.39 is 51.1 Å². The minimum absolute atomic E-state index is 0.138. The van der Waals surface area contributed by atoms with Gasteiger partial charge in [0.15, 0.2) is 6.10 Å². The molecular formula is C46H78NO10P. The summed E-state index contributed by atoms with van der Waals surface area (Å²) in [5.74, 6) is -2.42. The Morgan fingerprint density at radius 1 is 0.552 bits per heavy atom. The Labute approximate surface area is 350 Å². The van der Waals surface area contributed by atoms with Crippen molar-refractivity contribution in [3.63, 3.8) is 0 Å². The zero-order valence-corrected chi connectivity index (χ0v) is 36.8. The normalized spacial score (nSPS) is 14.4. The van der Waals surface area contributed by atoms with Gasteiger partial charge in [0.25, 0.3) is 0 Å². The minimum Gasteiger partial charge on any atom is -0.480 e. The Kier molecular flexibility index (Phi) is 38.5. The predicted octanol–water partition coefficient (Wildman–Crippen LogP) is 11.7. The Morgan fingerprint density at radius 2 is 0.966 bits per heavy atom. The number of hydrogen-bond acceptors (Lipinski definition) is 9. The van der Waals surface area contributed by atoms with Gasteiger partial charge in [-0.25, -0.2) is 4.57 Å². The molecule has 3 unspecified atom stereocenters. The summed E-state index contributed by atoms with van der Waals surface area (Å²) < 4.78 is 32.7. The number of ether oxygens (including phenoxy) is 2. The Bertz CT molecular complexity index is 1260. The van der Waals surface area contributed by atoms with Crippen LogP contribution in [0.15, 0.2) is 72.9 Å². The lowest BCUT2D eigenvalue weighted by atomic mass is 10.1. The summed E-state index contributed by atoms with van der Waals surface area (Å²) in [7, 11) is -4.73. The number of allylic oxidation sites excluding steroid dienone is 12. The van der Waals surface area contributed by atoms with E-state index >= 15 is 0 Å². The van der Waals surface area contributed by atoms with E-state index in [-0.39, 0.29) is 19.4 Å². The second kappa shape index (κ2) is 40.7. The fraction of sp³-hybridized carbons (Fsp3) is 0.674. The van der Waals surface area contributed by atoms with E-state index in [1.165, 1.54) is 19.3 Å². The number of rotatable bonds is 40. The number of unbranched alkanes of at least 4 members (excludes halogenated alkanes) is 14.